The maximum atomic E-state index is 12.1. The first-order valence-electron chi connectivity index (χ1n) is 11.1. The van der Waals surface area contributed by atoms with Crippen LogP contribution < -0.4 is 5.32 Å². The maximum Gasteiger partial charge on any atom is 0.310 e. The number of benzene rings is 1. The molecule has 8 heteroatoms. The van der Waals surface area contributed by atoms with E-state index in [1.54, 1.807) is 7.05 Å². The van der Waals surface area contributed by atoms with Gasteiger partial charge in [0, 0.05) is 39.9 Å². The molecule has 0 saturated carbocycles. The molecule has 0 aromatic heterocycles. The summed E-state index contributed by atoms with van der Waals surface area (Å²) in [7, 11) is 1.79. The molecule has 174 valence electrons. The van der Waals surface area contributed by atoms with Gasteiger partial charge in [-0.3, -0.25) is 9.79 Å². The Morgan fingerprint density at radius 2 is 2.03 bits per heavy atom. The number of esters is 1. The first-order valence-corrected chi connectivity index (χ1v) is 11.1. The molecule has 1 aromatic carbocycles. The Hall–Kier alpha value is -1.39. The highest BCUT2D eigenvalue weighted by Crippen LogP contribution is 2.18. The molecule has 2 heterocycles. The maximum absolute atomic E-state index is 12.1. The molecule has 2 aliphatic heterocycles. The second kappa shape index (κ2) is 13.9. The lowest BCUT2D eigenvalue weighted by molar-refractivity contribution is -0.149. The number of ether oxygens (including phenoxy) is 3. The van der Waals surface area contributed by atoms with Crippen LogP contribution in [0.5, 0.6) is 0 Å². The molecular formula is C23H36IN3O4. The number of hydrogen-bond acceptors (Lipinski definition) is 5. The number of rotatable bonds is 7. The molecule has 0 spiro atoms. The van der Waals surface area contributed by atoms with Gasteiger partial charge in [-0.1, -0.05) is 24.3 Å². The van der Waals surface area contributed by atoms with Crippen LogP contribution in [-0.2, 0) is 32.2 Å². The zero-order valence-electron chi connectivity index (χ0n) is 18.7. The molecule has 1 N–H and O–H groups in total. The van der Waals surface area contributed by atoms with Gasteiger partial charge in [-0.05, 0) is 43.7 Å². The Balaban J connectivity index is 0.00000341. The first kappa shape index (κ1) is 25.9. The third kappa shape index (κ3) is 8.23. The highest BCUT2D eigenvalue weighted by atomic mass is 127. The number of piperidine rings is 1. The minimum atomic E-state index is -0.102. The van der Waals surface area contributed by atoms with Gasteiger partial charge in [-0.2, -0.15) is 0 Å². The van der Waals surface area contributed by atoms with E-state index in [2.05, 4.69) is 39.5 Å². The smallest absolute Gasteiger partial charge is 0.310 e. The summed E-state index contributed by atoms with van der Waals surface area (Å²) in [5, 5.41) is 3.45. The van der Waals surface area contributed by atoms with E-state index in [0.29, 0.717) is 32.4 Å². The molecule has 1 aromatic rings. The van der Waals surface area contributed by atoms with Crippen molar-refractivity contribution in [2.75, 3.05) is 40.0 Å². The van der Waals surface area contributed by atoms with E-state index in [-0.39, 0.29) is 35.9 Å². The van der Waals surface area contributed by atoms with Crippen molar-refractivity contribution in [3.63, 3.8) is 0 Å². The SMILES string of the molecule is CCOC(=O)C1CCCN(C(=NC)NCc2cccc(COC3CCOCC3)c2)C1.I. The zero-order valence-corrected chi connectivity index (χ0v) is 21.0. The fraction of sp³-hybridized carbons (Fsp3) is 0.652. The Morgan fingerprint density at radius 1 is 1.26 bits per heavy atom. The van der Waals surface area contributed by atoms with Gasteiger partial charge >= 0.3 is 5.97 Å². The number of carbonyl (C=O) groups excluding carboxylic acids is 1. The predicted octanol–water partition coefficient (Wildman–Crippen LogP) is 3.35. The molecule has 2 aliphatic rings. The average molecular weight is 545 g/mol. The molecule has 2 fully saturated rings. The van der Waals surface area contributed by atoms with E-state index in [0.717, 1.165) is 51.4 Å². The lowest BCUT2D eigenvalue weighted by atomic mass is 9.98. The fourth-order valence-corrected chi connectivity index (χ4v) is 4.02. The van der Waals surface area contributed by atoms with Crippen molar-refractivity contribution in [1.29, 1.82) is 0 Å². The summed E-state index contributed by atoms with van der Waals surface area (Å²) < 4.78 is 16.6. The number of aliphatic imine (C=N–C) groups is 1. The molecule has 3 rings (SSSR count). The summed E-state index contributed by atoms with van der Waals surface area (Å²) in [6, 6.07) is 8.46. The van der Waals surface area contributed by atoms with Crippen molar-refractivity contribution in [2.24, 2.45) is 10.9 Å². The minimum absolute atomic E-state index is 0. The van der Waals surface area contributed by atoms with E-state index in [9.17, 15) is 4.79 Å². The molecule has 0 radical (unpaired) electrons. The van der Waals surface area contributed by atoms with Crippen LogP contribution in [0, 0.1) is 5.92 Å². The zero-order chi connectivity index (χ0) is 21.2. The summed E-state index contributed by atoms with van der Waals surface area (Å²) in [6.45, 7) is 6.71. The Labute approximate surface area is 202 Å². The highest BCUT2D eigenvalue weighted by Gasteiger charge is 2.28. The van der Waals surface area contributed by atoms with Crippen LogP contribution in [0.1, 0.15) is 43.7 Å². The second-order valence-electron chi connectivity index (χ2n) is 7.88. The minimum Gasteiger partial charge on any atom is -0.466 e. The van der Waals surface area contributed by atoms with Crippen LogP contribution in [-0.4, -0.2) is 62.9 Å². The Bertz CT molecular complexity index is 710. The topological polar surface area (TPSA) is 72.4 Å². The first-order chi connectivity index (χ1) is 14.7. The van der Waals surface area contributed by atoms with Crippen LogP contribution in [0.2, 0.25) is 0 Å². The van der Waals surface area contributed by atoms with Crippen LogP contribution in [0.25, 0.3) is 0 Å². The van der Waals surface area contributed by atoms with Crippen LogP contribution in [0.3, 0.4) is 0 Å². The molecule has 0 amide bonds. The summed E-state index contributed by atoms with van der Waals surface area (Å²) >= 11 is 0. The fourth-order valence-electron chi connectivity index (χ4n) is 4.02. The van der Waals surface area contributed by atoms with Gasteiger partial charge in [-0.15, -0.1) is 24.0 Å². The van der Waals surface area contributed by atoms with E-state index in [4.69, 9.17) is 14.2 Å². The summed E-state index contributed by atoms with van der Waals surface area (Å²) in [5.74, 6) is 0.644. The van der Waals surface area contributed by atoms with Gasteiger partial charge < -0.3 is 24.4 Å². The van der Waals surface area contributed by atoms with Gasteiger partial charge in [0.25, 0.3) is 0 Å². The van der Waals surface area contributed by atoms with Crippen molar-refractivity contribution in [2.45, 2.75) is 51.9 Å². The average Bonchev–Trinajstić information content (AvgIpc) is 2.79. The number of carbonyl (C=O) groups is 1. The van der Waals surface area contributed by atoms with Crippen molar-refractivity contribution in [1.82, 2.24) is 10.2 Å². The number of hydrogen-bond donors (Lipinski definition) is 1. The molecule has 1 atom stereocenters. The number of halogens is 1. The van der Waals surface area contributed by atoms with Crippen LogP contribution in [0.15, 0.2) is 29.3 Å². The summed E-state index contributed by atoms with van der Waals surface area (Å²) in [5.41, 5.74) is 2.36. The molecule has 0 bridgehead atoms. The van der Waals surface area contributed by atoms with Gasteiger partial charge in [-0.25, -0.2) is 0 Å². The molecule has 1 unspecified atom stereocenters. The van der Waals surface area contributed by atoms with Crippen molar-refractivity contribution >= 4 is 35.9 Å². The van der Waals surface area contributed by atoms with Gasteiger partial charge in [0.1, 0.15) is 0 Å². The number of guanidine groups is 1. The van der Waals surface area contributed by atoms with Crippen LogP contribution >= 0.6 is 24.0 Å². The predicted molar refractivity (Wildman–Crippen MR) is 132 cm³/mol. The monoisotopic (exact) mass is 545 g/mol. The van der Waals surface area contributed by atoms with Crippen molar-refractivity contribution in [3.8, 4) is 0 Å². The standard InChI is InChI=1S/C23H35N3O4.HI/c1-3-29-22(27)20-8-5-11-26(16-20)23(24-2)25-15-18-6-4-7-19(14-18)17-30-21-9-12-28-13-10-21;/h4,6-7,14,20-21H,3,5,8-13,15-17H2,1-2H3,(H,24,25);1H. The quantitative estimate of drug-likeness (QED) is 0.245. The van der Waals surface area contributed by atoms with E-state index < -0.39 is 0 Å². The van der Waals surface area contributed by atoms with Gasteiger partial charge in [0.05, 0.1) is 25.2 Å². The molecule has 31 heavy (non-hydrogen) atoms. The summed E-state index contributed by atoms with van der Waals surface area (Å²) in [4.78, 5) is 18.7. The van der Waals surface area contributed by atoms with Crippen molar-refractivity contribution in [3.05, 3.63) is 35.4 Å². The number of likely N-dealkylation sites (tertiary alicyclic amines) is 1. The lowest BCUT2D eigenvalue weighted by Crippen LogP contribution is -2.48. The third-order valence-electron chi connectivity index (χ3n) is 5.65. The van der Waals surface area contributed by atoms with Crippen LogP contribution in [0.4, 0.5) is 0 Å². The Morgan fingerprint density at radius 3 is 2.77 bits per heavy atom. The largest absolute Gasteiger partial charge is 0.466 e. The number of nitrogens with one attached hydrogen (secondary N) is 1. The normalized spacial score (nSPS) is 20.1. The third-order valence-corrected chi connectivity index (χ3v) is 5.65. The van der Waals surface area contributed by atoms with E-state index >= 15 is 0 Å². The highest BCUT2D eigenvalue weighted by molar-refractivity contribution is 14.0. The van der Waals surface area contributed by atoms with Crippen molar-refractivity contribution < 1.29 is 19.0 Å². The summed E-state index contributed by atoms with van der Waals surface area (Å²) in [6.07, 6.45) is 4.08. The Kier molecular flexibility index (Phi) is 11.6. The number of nitrogens with zero attached hydrogens (tertiary/aromatic N) is 2. The second-order valence-corrected chi connectivity index (χ2v) is 7.88. The molecular weight excluding hydrogens is 509 g/mol. The molecule has 0 aliphatic carbocycles. The molecule has 7 nitrogen and oxygen atoms in total. The van der Waals surface area contributed by atoms with E-state index in [1.807, 2.05) is 6.92 Å². The lowest BCUT2D eigenvalue weighted by Gasteiger charge is -2.34. The van der Waals surface area contributed by atoms with E-state index in [1.165, 1.54) is 11.1 Å². The van der Waals surface area contributed by atoms with Gasteiger partial charge in [0.2, 0.25) is 0 Å². The molecule has 2 saturated heterocycles. The van der Waals surface area contributed by atoms with Gasteiger partial charge in [0.15, 0.2) is 5.96 Å².